The Morgan fingerprint density at radius 2 is 1.88 bits per heavy atom. The lowest BCUT2D eigenvalue weighted by atomic mass is 9.90. The zero-order chi connectivity index (χ0) is 12.6. The summed E-state index contributed by atoms with van der Waals surface area (Å²) in [4.78, 5) is 4.75. The van der Waals surface area contributed by atoms with Gasteiger partial charge in [-0.05, 0) is 24.6 Å². The van der Waals surface area contributed by atoms with Gasteiger partial charge in [-0.25, -0.2) is 4.98 Å². The lowest BCUT2D eigenvalue weighted by Gasteiger charge is -2.19. The van der Waals surface area contributed by atoms with Crippen molar-refractivity contribution < 1.29 is 4.74 Å². The maximum atomic E-state index is 5.39. The molecule has 0 saturated carbocycles. The van der Waals surface area contributed by atoms with Gasteiger partial charge in [0.1, 0.15) is 11.3 Å². The number of fused-ring (bicyclic) bond motifs is 1. The van der Waals surface area contributed by atoms with Crippen LogP contribution in [0.1, 0.15) is 32.0 Å². The highest BCUT2D eigenvalue weighted by atomic mass is 16.5. The first-order chi connectivity index (χ1) is 7.93. The van der Waals surface area contributed by atoms with E-state index in [1.807, 2.05) is 12.1 Å². The van der Waals surface area contributed by atoms with Crippen molar-refractivity contribution in [2.24, 2.45) is 0 Å². The fourth-order valence-electron chi connectivity index (χ4n) is 1.94. The van der Waals surface area contributed by atoms with Gasteiger partial charge in [0.25, 0.3) is 0 Å². The molecule has 0 spiro atoms. The van der Waals surface area contributed by atoms with Crippen LogP contribution in [-0.2, 0) is 5.41 Å². The van der Waals surface area contributed by atoms with Gasteiger partial charge in [0.2, 0.25) is 0 Å². The van der Waals surface area contributed by atoms with Crippen molar-refractivity contribution in [2.75, 3.05) is 7.11 Å². The second-order valence-electron chi connectivity index (χ2n) is 5.43. The molecule has 0 atom stereocenters. The average Bonchev–Trinajstić information content (AvgIpc) is 2.27. The van der Waals surface area contributed by atoms with Gasteiger partial charge in [0.15, 0.2) is 0 Å². The zero-order valence-electron chi connectivity index (χ0n) is 11.2. The molecule has 0 saturated heterocycles. The minimum absolute atomic E-state index is 0.0554. The smallest absolute Gasteiger partial charge is 0.145 e. The summed E-state index contributed by atoms with van der Waals surface area (Å²) < 4.78 is 5.39. The first-order valence-electron chi connectivity index (χ1n) is 5.88. The molecular formula is C15H19NO. The van der Waals surface area contributed by atoms with Crippen molar-refractivity contribution >= 4 is 10.9 Å². The van der Waals surface area contributed by atoms with Gasteiger partial charge < -0.3 is 4.74 Å². The van der Waals surface area contributed by atoms with Crippen molar-refractivity contribution in [1.29, 1.82) is 0 Å². The first kappa shape index (κ1) is 11.9. The summed E-state index contributed by atoms with van der Waals surface area (Å²) >= 11 is 0. The van der Waals surface area contributed by atoms with Crippen LogP contribution in [0.3, 0.4) is 0 Å². The third-order valence-electron chi connectivity index (χ3n) is 3.00. The number of benzene rings is 1. The van der Waals surface area contributed by atoms with E-state index in [-0.39, 0.29) is 5.41 Å². The van der Waals surface area contributed by atoms with Crippen LogP contribution in [0.4, 0.5) is 0 Å². The summed E-state index contributed by atoms with van der Waals surface area (Å²) in [6.07, 6.45) is 0. The molecule has 0 aliphatic carbocycles. The number of hydrogen-bond acceptors (Lipinski definition) is 2. The van der Waals surface area contributed by atoms with Gasteiger partial charge in [0.05, 0.1) is 7.11 Å². The van der Waals surface area contributed by atoms with E-state index in [1.54, 1.807) is 7.11 Å². The summed E-state index contributed by atoms with van der Waals surface area (Å²) in [5, 5.41) is 1.16. The number of pyridine rings is 1. The van der Waals surface area contributed by atoms with Crippen LogP contribution in [-0.4, -0.2) is 12.1 Å². The molecule has 2 aromatic rings. The lowest BCUT2D eigenvalue weighted by Crippen LogP contribution is -2.14. The van der Waals surface area contributed by atoms with E-state index in [2.05, 4.69) is 39.8 Å². The summed E-state index contributed by atoms with van der Waals surface area (Å²) in [5.41, 5.74) is 3.37. The van der Waals surface area contributed by atoms with Crippen LogP contribution < -0.4 is 4.74 Å². The van der Waals surface area contributed by atoms with Crippen LogP contribution in [0.25, 0.3) is 10.9 Å². The van der Waals surface area contributed by atoms with Crippen molar-refractivity contribution in [3.63, 3.8) is 0 Å². The van der Waals surface area contributed by atoms with Crippen LogP contribution in [0, 0.1) is 6.92 Å². The van der Waals surface area contributed by atoms with Gasteiger partial charge in [0, 0.05) is 16.5 Å². The molecule has 0 aliphatic rings. The Morgan fingerprint density at radius 1 is 1.18 bits per heavy atom. The molecule has 2 nitrogen and oxygen atoms in total. The number of ether oxygens (including phenoxy) is 1. The van der Waals surface area contributed by atoms with E-state index in [1.165, 1.54) is 5.56 Å². The third kappa shape index (κ3) is 2.12. The highest BCUT2D eigenvalue weighted by molar-refractivity contribution is 5.87. The molecule has 2 rings (SSSR count). The van der Waals surface area contributed by atoms with Crippen molar-refractivity contribution in [3.8, 4) is 5.75 Å². The van der Waals surface area contributed by atoms with Gasteiger partial charge in [-0.3, -0.25) is 0 Å². The Morgan fingerprint density at radius 3 is 2.47 bits per heavy atom. The molecule has 1 aromatic carbocycles. The second-order valence-corrected chi connectivity index (χ2v) is 5.43. The zero-order valence-corrected chi connectivity index (χ0v) is 11.2. The summed E-state index contributed by atoms with van der Waals surface area (Å²) in [6, 6.07) is 8.22. The largest absolute Gasteiger partial charge is 0.494 e. The van der Waals surface area contributed by atoms with Crippen molar-refractivity contribution in [1.82, 2.24) is 4.98 Å². The average molecular weight is 229 g/mol. The minimum atomic E-state index is 0.0554. The highest BCUT2D eigenvalue weighted by Gasteiger charge is 2.17. The molecule has 17 heavy (non-hydrogen) atoms. The molecule has 0 bridgehead atoms. The third-order valence-corrected chi connectivity index (χ3v) is 3.00. The molecule has 1 heterocycles. The van der Waals surface area contributed by atoms with Gasteiger partial charge in [-0.2, -0.15) is 0 Å². The normalized spacial score (nSPS) is 11.8. The van der Waals surface area contributed by atoms with Crippen LogP contribution >= 0.6 is 0 Å². The van der Waals surface area contributed by atoms with Gasteiger partial charge in [-0.15, -0.1) is 0 Å². The molecule has 1 aromatic heterocycles. The van der Waals surface area contributed by atoms with E-state index >= 15 is 0 Å². The number of methoxy groups -OCH3 is 1. The van der Waals surface area contributed by atoms with E-state index in [0.29, 0.717) is 0 Å². The number of aryl methyl sites for hydroxylation is 1. The highest BCUT2D eigenvalue weighted by Crippen LogP contribution is 2.30. The van der Waals surface area contributed by atoms with Gasteiger partial charge >= 0.3 is 0 Å². The van der Waals surface area contributed by atoms with E-state index in [9.17, 15) is 0 Å². The number of aromatic nitrogens is 1. The fraction of sp³-hybridized carbons (Fsp3) is 0.400. The Kier molecular flexibility index (Phi) is 2.82. The maximum Gasteiger partial charge on any atom is 0.145 e. The molecule has 0 N–H and O–H groups in total. The van der Waals surface area contributed by atoms with E-state index in [0.717, 1.165) is 22.3 Å². The van der Waals surface area contributed by atoms with Gasteiger partial charge in [-0.1, -0.05) is 32.9 Å². The number of para-hydroxylation sites is 1. The summed E-state index contributed by atoms with van der Waals surface area (Å²) in [7, 11) is 1.69. The summed E-state index contributed by atoms with van der Waals surface area (Å²) in [5.74, 6) is 0.844. The molecule has 0 fully saturated rings. The predicted octanol–water partition coefficient (Wildman–Crippen LogP) is 3.85. The standard InChI is InChI=1S/C15H19NO/c1-10-9-13(15(2,3)4)16-14-11(10)7-6-8-12(14)17-5/h6-9H,1-5H3. The monoisotopic (exact) mass is 229 g/mol. The minimum Gasteiger partial charge on any atom is -0.494 e. The molecular weight excluding hydrogens is 210 g/mol. The molecule has 0 unspecified atom stereocenters. The second kappa shape index (κ2) is 4.02. The Balaban J connectivity index is 2.79. The Labute approximate surface area is 103 Å². The number of rotatable bonds is 1. The van der Waals surface area contributed by atoms with Crippen LogP contribution in [0.5, 0.6) is 5.75 Å². The number of nitrogens with zero attached hydrogens (tertiary/aromatic N) is 1. The van der Waals surface area contributed by atoms with Crippen molar-refractivity contribution in [3.05, 3.63) is 35.5 Å². The van der Waals surface area contributed by atoms with Crippen LogP contribution in [0.15, 0.2) is 24.3 Å². The first-order valence-corrected chi connectivity index (χ1v) is 5.88. The Hall–Kier alpha value is -1.57. The lowest BCUT2D eigenvalue weighted by molar-refractivity contribution is 0.418. The SMILES string of the molecule is COc1cccc2c(C)cc(C(C)(C)C)nc12. The predicted molar refractivity (Wildman–Crippen MR) is 71.7 cm³/mol. The molecule has 0 radical (unpaired) electrons. The van der Waals surface area contributed by atoms with Crippen LogP contribution in [0.2, 0.25) is 0 Å². The fourth-order valence-corrected chi connectivity index (χ4v) is 1.94. The quantitative estimate of drug-likeness (QED) is 0.741. The molecule has 0 amide bonds. The maximum absolute atomic E-state index is 5.39. The van der Waals surface area contributed by atoms with Crippen molar-refractivity contribution in [2.45, 2.75) is 33.1 Å². The van der Waals surface area contributed by atoms with E-state index in [4.69, 9.17) is 9.72 Å². The van der Waals surface area contributed by atoms with E-state index < -0.39 is 0 Å². The molecule has 0 aliphatic heterocycles. The Bertz CT molecular complexity index is 553. The molecule has 2 heteroatoms. The number of hydrogen-bond donors (Lipinski definition) is 0. The molecule has 90 valence electrons. The summed E-state index contributed by atoms with van der Waals surface area (Å²) in [6.45, 7) is 8.65. The topological polar surface area (TPSA) is 22.1 Å².